The predicted octanol–water partition coefficient (Wildman–Crippen LogP) is 3.07. The molecule has 0 fully saturated rings. The number of benzene rings is 2. The van der Waals surface area contributed by atoms with Gasteiger partial charge in [0.15, 0.2) is 0 Å². The van der Waals surface area contributed by atoms with E-state index >= 15 is 0 Å². The summed E-state index contributed by atoms with van der Waals surface area (Å²) in [5.74, 6) is 2.45. The molecule has 4 rings (SSSR count). The molecule has 1 amide bonds. The Morgan fingerprint density at radius 1 is 1.33 bits per heavy atom. The van der Waals surface area contributed by atoms with E-state index in [1.807, 2.05) is 42.5 Å². The van der Waals surface area contributed by atoms with E-state index in [0.29, 0.717) is 24.5 Å². The molecular formula is C21H21N3O3. The molecule has 138 valence electrons. The summed E-state index contributed by atoms with van der Waals surface area (Å²) in [5, 5.41) is 3.04. The van der Waals surface area contributed by atoms with E-state index in [0.717, 1.165) is 29.0 Å². The lowest BCUT2D eigenvalue weighted by atomic mass is 9.96. The molecule has 0 spiro atoms. The van der Waals surface area contributed by atoms with Gasteiger partial charge < -0.3 is 19.8 Å². The SMILES string of the molecule is COc1ccc2c(c1)OCC(CNC(=O)c1ccccc1-c1ncc[nH]1)C2. The highest BCUT2D eigenvalue weighted by Gasteiger charge is 2.22. The maximum Gasteiger partial charge on any atom is 0.252 e. The van der Waals surface area contributed by atoms with E-state index in [4.69, 9.17) is 9.47 Å². The van der Waals surface area contributed by atoms with Gasteiger partial charge in [0.2, 0.25) is 0 Å². The fourth-order valence-corrected chi connectivity index (χ4v) is 3.31. The number of ether oxygens (including phenoxy) is 2. The van der Waals surface area contributed by atoms with E-state index in [1.165, 1.54) is 0 Å². The normalized spacial score (nSPS) is 15.5. The number of H-pyrrole nitrogens is 1. The Bertz CT molecular complexity index is 938. The Balaban J connectivity index is 1.42. The van der Waals surface area contributed by atoms with Crippen molar-refractivity contribution in [2.75, 3.05) is 20.3 Å². The Morgan fingerprint density at radius 2 is 2.22 bits per heavy atom. The lowest BCUT2D eigenvalue weighted by Crippen LogP contribution is -2.35. The standard InChI is InChI=1S/C21H21N3O3/c1-26-16-7-6-15-10-14(13-27-19(15)11-16)12-24-21(25)18-5-3-2-4-17(18)20-22-8-9-23-20/h2-9,11,14H,10,12-13H2,1H3,(H,22,23)(H,24,25). The van der Waals surface area contributed by atoms with Crippen molar-refractivity contribution in [3.05, 3.63) is 66.0 Å². The third-order valence-corrected chi connectivity index (χ3v) is 4.73. The summed E-state index contributed by atoms with van der Waals surface area (Å²) < 4.78 is 11.1. The molecule has 0 saturated heterocycles. The van der Waals surface area contributed by atoms with Crippen molar-refractivity contribution in [3.8, 4) is 22.9 Å². The summed E-state index contributed by atoms with van der Waals surface area (Å²) in [6.45, 7) is 1.12. The van der Waals surface area contributed by atoms with Crippen LogP contribution in [0.5, 0.6) is 11.5 Å². The zero-order valence-electron chi connectivity index (χ0n) is 15.1. The van der Waals surface area contributed by atoms with E-state index in [2.05, 4.69) is 15.3 Å². The minimum atomic E-state index is -0.109. The van der Waals surface area contributed by atoms with Gasteiger partial charge in [0.25, 0.3) is 5.91 Å². The first-order chi connectivity index (χ1) is 13.2. The van der Waals surface area contributed by atoms with Crippen molar-refractivity contribution < 1.29 is 14.3 Å². The van der Waals surface area contributed by atoms with Gasteiger partial charge in [-0.25, -0.2) is 4.98 Å². The Morgan fingerprint density at radius 3 is 3.04 bits per heavy atom. The third-order valence-electron chi connectivity index (χ3n) is 4.73. The van der Waals surface area contributed by atoms with Gasteiger partial charge in [-0.3, -0.25) is 4.79 Å². The predicted molar refractivity (Wildman–Crippen MR) is 102 cm³/mol. The van der Waals surface area contributed by atoms with Crippen molar-refractivity contribution in [3.63, 3.8) is 0 Å². The second-order valence-corrected chi connectivity index (χ2v) is 6.55. The van der Waals surface area contributed by atoms with Crippen LogP contribution in [0.15, 0.2) is 54.9 Å². The number of aromatic nitrogens is 2. The smallest absolute Gasteiger partial charge is 0.252 e. The summed E-state index contributed by atoms with van der Waals surface area (Å²) in [7, 11) is 1.64. The fourth-order valence-electron chi connectivity index (χ4n) is 3.31. The molecule has 6 heteroatoms. The number of aromatic amines is 1. The molecule has 1 aliphatic heterocycles. The largest absolute Gasteiger partial charge is 0.497 e. The highest BCUT2D eigenvalue weighted by atomic mass is 16.5. The van der Waals surface area contributed by atoms with Crippen LogP contribution in [0.2, 0.25) is 0 Å². The fraction of sp³-hybridized carbons (Fsp3) is 0.238. The van der Waals surface area contributed by atoms with Crippen LogP contribution in [0.3, 0.4) is 0 Å². The number of imidazole rings is 1. The number of methoxy groups -OCH3 is 1. The van der Waals surface area contributed by atoms with E-state index in [-0.39, 0.29) is 11.8 Å². The van der Waals surface area contributed by atoms with Crippen LogP contribution in [0, 0.1) is 5.92 Å². The van der Waals surface area contributed by atoms with Crippen LogP contribution in [-0.2, 0) is 6.42 Å². The van der Waals surface area contributed by atoms with Crippen molar-refractivity contribution in [2.24, 2.45) is 5.92 Å². The van der Waals surface area contributed by atoms with Gasteiger partial charge in [0.1, 0.15) is 17.3 Å². The van der Waals surface area contributed by atoms with Crippen molar-refractivity contribution in [2.45, 2.75) is 6.42 Å². The van der Waals surface area contributed by atoms with E-state index in [1.54, 1.807) is 19.5 Å². The summed E-state index contributed by atoms with van der Waals surface area (Å²) >= 11 is 0. The molecule has 2 N–H and O–H groups in total. The van der Waals surface area contributed by atoms with Crippen molar-refractivity contribution >= 4 is 5.91 Å². The molecule has 2 heterocycles. The highest BCUT2D eigenvalue weighted by Crippen LogP contribution is 2.30. The third kappa shape index (κ3) is 3.65. The molecule has 1 unspecified atom stereocenters. The second kappa shape index (κ2) is 7.53. The monoisotopic (exact) mass is 363 g/mol. The number of amides is 1. The number of fused-ring (bicyclic) bond motifs is 1. The number of carbonyl (C=O) groups excluding carboxylic acids is 1. The molecule has 1 aliphatic rings. The molecule has 0 bridgehead atoms. The minimum Gasteiger partial charge on any atom is -0.497 e. The molecule has 1 atom stereocenters. The Kier molecular flexibility index (Phi) is 4.78. The summed E-state index contributed by atoms with van der Waals surface area (Å²) in [6, 6.07) is 13.3. The summed E-state index contributed by atoms with van der Waals surface area (Å²) in [5.41, 5.74) is 2.53. The molecule has 1 aromatic heterocycles. The molecular weight excluding hydrogens is 342 g/mol. The van der Waals surface area contributed by atoms with Gasteiger partial charge in [-0.2, -0.15) is 0 Å². The van der Waals surface area contributed by atoms with Crippen molar-refractivity contribution in [1.29, 1.82) is 0 Å². The lowest BCUT2D eigenvalue weighted by molar-refractivity contribution is 0.0939. The van der Waals surface area contributed by atoms with Crippen LogP contribution in [0.25, 0.3) is 11.4 Å². The van der Waals surface area contributed by atoms with Crippen LogP contribution in [-0.4, -0.2) is 36.1 Å². The molecule has 0 saturated carbocycles. The number of rotatable bonds is 5. The number of nitrogens with one attached hydrogen (secondary N) is 2. The average molecular weight is 363 g/mol. The zero-order chi connectivity index (χ0) is 18.6. The molecule has 0 aliphatic carbocycles. The van der Waals surface area contributed by atoms with E-state index in [9.17, 15) is 4.79 Å². The first-order valence-electron chi connectivity index (χ1n) is 8.91. The summed E-state index contributed by atoms with van der Waals surface area (Å²) in [4.78, 5) is 20.0. The van der Waals surface area contributed by atoms with Gasteiger partial charge in [-0.05, 0) is 24.1 Å². The van der Waals surface area contributed by atoms with Crippen LogP contribution in [0.1, 0.15) is 15.9 Å². The van der Waals surface area contributed by atoms with Gasteiger partial charge >= 0.3 is 0 Å². The number of carbonyl (C=O) groups is 1. The number of nitrogens with zero attached hydrogens (tertiary/aromatic N) is 1. The molecule has 0 radical (unpaired) electrons. The molecule has 2 aromatic carbocycles. The first kappa shape index (κ1) is 17.1. The average Bonchev–Trinajstić information content (AvgIpc) is 3.26. The van der Waals surface area contributed by atoms with Crippen LogP contribution in [0.4, 0.5) is 0 Å². The lowest BCUT2D eigenvalue weighted by Gasteiger charge is -2.26. The second-order valence-electron chi connectivity index (χ2n) is 6.55. The van der Waals surface area contributed by atoms with Gasteiger partial charge in [-0.15, -0.1) is 0 Å². The highest BCUT2D eigenvalue weighted by molar-refractivity contribution is 6.00. The topological polar surface area (TPSA) is 76.2 Å². The van der Waals surface area contributed by atoms with Crippen molar-refractivity contribution in [1.82, 2.24) is 15.3 Å². The Labute approximate surface area is 157 Å². The van der Waals surface area contributed by atoms with Gasteiger partial charge in [-0.1, -0.05) is 24.3 Å². The maximum absolute atomic E-state index is 12.7. The minimum absolute atomic E-state index is 0.109. The van der Waals surface area contributed by atoms with Crippen LogP contribution < -0.4 is 14.8 Å². The van der Waals surface area contributed by atoms with Gasteiger partial charge in [0, 0.05) is 36.5 Å². The zero-order valence-corrected chi connectivity index (χ0v) is 15.1. The molecule has 27 heavy (non-hydrogen) atoms. The molecule has 3 aromatic rings. The Hall–Kier alpha value is -3.28. The van der Waals surface area contributed by atoms with Gasteiger partial charge in [0.05, 0.1) is 19.3 Å². The van der Waals surface area contributed by atoms with E-state index < -0.39 is 0 Å². The summed E-state index contributed by atoms with van der Waals surface area (Å²) in [6.07, 6.45) is 4.28. The number of hydrogen-bond acceptors (Lipinski definition) is 4. The first-order valence-corrected chi connectivity index (χ1v) is 8.91. The molecule has 6 nitrogen and oxygen atoms in total. The maximum atomic E-state index is 12.7. The number of hydrogen-bond donors (Lipinski definition) is 2. The quantitative estimate of drug-likeness (QED) is 0.730. The van der Waals surface area contributed by atoms with Crippen LogP contribution >= 0.6 is 0 Å².